The first kappa shape index (κ1) is 11.6. The molecular weight excluding hydrogens is 226 g/mol. The third-order valence-corrected chi connectivity index (χ3v) is 3.67. The Morgan fingerprint density at radius 1 is 1.33 bits per heavy atom. The number of benzene rings is 1. The molecule has 1 aromatic heterocycles. The Morgan fingerprint density at radius 2 is 2.22 bits per heavy atom. The molecule has 1 aromatic carbocycles. The van der Waals surface area contributed by atoms with Crippen molar-refractivity contribution in [1.29, 1.82) is 0 Å². The van der Waals surface area contributed by atoms with Crippen LogP contribution in [0, 0.1) is 5.92 Å². The maximum atomic E-state index is 10.5. The third kappa shape index (κ3) is 2.00. The van der Waals surface area contributed by atoms with E-state index in [2.05, 4.69) is 11.9 Å². The lowest BCUT2D eigenvalue weighted by molar-refractivity contribution is 0.0811. The number of hydrogen-bond donors (Lipinski definition) is 1. The summed E-state index contributed by atoms with van der Waals surface area (Å²) in [5, 5.41) is 11.6. The second-order valence-electron chi connectivity index (χ2n) is 5.00. The van der Waals surface area contributed by atoms with E-state index < -0.39 is 6.10 Å². The number of fused-ring (bicyclic) bond motifs is 1. The summed E-state index contributed by atoms with van der Waals surface area (Å²) < 4.78 is 5.54. The van der Waals surface area contributed by atoms with Crippen molar-refractivity contribution in [2.24, 2.45) is 5.92 Å². The van der Waals surface area contributed by atoms with Crippen molar-refractivity contribution < 1.29 is 9.84 Å². The van der Waals surface area contributed by atoms with Gasteiger partial charge in [0.1, 0.15) is 0 Å². The van der Waals surface area contributed by atoms with Crippen LogP contribution < -0.4 is 0 Å². The van der Waals surface area contributed by atoms with Crippen LogP contribution >= 0.6 is 0 Å². The summed E-state index contributed by atoms with van der Waals surface area (Å²) in [6.45, 7) is 2.69. The maximum Gasteiger partial charge on any atom is 0.0847 e. The number of hydrogen-bond acceptors (Lipinski definition) is 3. The number of ether oxygens (including phenoxy) is 1. The summed E-state index contributed by atoms with van der Waals surface area (Å²) in [7, 11) is 0. The summed E-state index contributed by atoms with van der Waals surface area (Å²) in [4.78, 5) is 4.32. The van der Waals surface area contributed by atoms with E-state index in [1.54, 1.807) is 6.20 Å². The van der Waals surface area contributed by atoms with Gasteiger partial charge in [0, 0.05) is 17.5 Å². The summed E-state index contributed by atoms with van der Waals surface area (Å²) in [5.41, 5.74) is 1.89. The van der Waals surface area contributed by atoms with Crippen molar-refractivity contribution in [3.8, 4) is 0 Å². The van der Waals surface area contributed by atoms with E-state index in [0.717, 1.165) is 22.9 Å². The molecular formula is C15H17NO2. The summed E-state index contributed by atoms with van der Waals surface area (Å²) in [6.07, 6.45) is 2.47. The Hall–Kier alpha value is -1.45. The molecule has 3 rings (SSSR count). The van der Waals surface area contributed by atoms with Crippen LogP contribution in [0.15, 0.2) is 36.5 Å². The molecule has 0 radical (unpaired) electrons. The monoisotopic (exact) mass is 243 g/mol. The zero-order valence-corrected chi connectivity index (χ0v) is 10.4. The molecule has 18 heavy (non-hydrogen) atoms. The quantitative estimate of drug-likeness (QED) is 0.881. The van der Waals surface area contributed by atoms with E-state index in [4.69, 9.17) is 4.74 Å². The van der Waals surface area contributed by atoms with Gasteiger partial charge in [0.15, 0.2) is 0 Å². The van der Waals surface area contributed by atoms with E-state index in [0.29, 0.717) is 6.61 Å². The van der Waals surface area contributed by atoms with Gasteiger partial charge in [-0.25, -0.2) is 0 Å². The summed E-state index contributed by atoms with van der Waals surface area (Å²) in [5.74, 6) is 0.186. The summed E-state index contributed by atoms with van der Waals surface area (Å²) >= 11 is 0. The smallest absolute Gasteiger partial charge is 0.0847 e. The highest BCUT2D eigenvalue weighted by Crippen LogP contribution is 2.34. The number of nitrogens with zero attached hydrogens (tertiary/aromatic N) is 1. The van der Waals surface area contributed by atoms with Gasteiger partial charge in [-0.05, 0) is 31.0 Å². The van der Waals surface area contributed by atoms with Crippen LogP contribution in [0.3, 0.4) is 0 Å². The highest BCUT2D eigenvalue weighted by atomic mass is 16.5. The average molecular weight is 243 g/mol. The van der Waals surface area contributed by atoms with Gasteiger partial charge in [-0.3, -0.25) is 4.98 Å². The highest BCUT2D eigenvalue weighted by molar-refractivity contribution is 5.82. The fourth-order valence-corrected chi connectivity index (χ4v) is 2.71. The van der Waals surface area contributed by atoms with Crippen molar-refractivity contribution in [3.63, 3.8) is 0 Å². The van der Waals surface area contributed by atoms with Crippen molar-refractivity contribution >= 4 is 10.9 Å². The van der Waals surface area contributed by atoms with Crippen molar-refractivity contribution in [2.45, 2.75) is 25.6 Å². The molecule has 94 valence electrons. The first-order chi connectivity index (χ1) is 8.75. The average Bonchev–Trinajstić information content (AvgIpc) is 2.84. The van der Waals surface area contributed by atoms with Crippen molar-refractivity contribution in [1.82, 2.24) is 4.98 Å². The number of aromatic nitrogens is 1. The Morgan fingerprint density at radius 3 is 3.00 bits per heavy atom. The molecule has 1 aliphatic rings. The van der Waals surface area contributed by atoms with Gasteiger partial charge in [-0.15, -0.1) is 0 Å². The van der Waals surface area contributed by atoms with Gasteiger partial charge >= 0.3 is 0 Å². The molecule has 2 aromatic rings. The molecule has 2 heterocycles. The Labute approximate surface area is 106 Å². The van der Waals surface area contributed by atoms with E-state index in [-0.39, 0.29) is 12.0 Å². The molecule has 3 heteroatoms. The van der Waals surface area contributed by atoms with Crippen LogP contribution in [-0.2, 0) is 4.74 Å². The molecule has 0 spiro atoms. The topological polar surface area (TPSA) is 42.4 Å². The number of rotatable bonds is 2. The lowest BCUT2D eigenvalue weighted by Crippen LogP contribution is -2.13. The molecule has 1 fully saturated rings. The van der Waals surface area contributed by atoms with Crippen LogP contribution in [0.2, 0.25) is 0 Å². The second kappa shape index (κ2) is 4.67. The first-order valence-electron chi connectivity index (χ1n) is 6.39. The van der Waals surface area contributed by atoms with Crippen LogP contribution in [0.4, 0.5) is 0 Å². The zero-order chi connectivity index (χ0) is 12.5. The maximum absolute atomic E-state index is 10.5. The lowest BCUT2D eigenvalue weighted by atomic mass is 9.91. The zero-order valence-electron chi connectivity index (χ0n) is 10.4. The van der Waals surface area contributed by atoms with E-state index in [9.17, 15) is 5.11 Å². The van der Waals surface area contributed by atoms with E-state index >= 15 is 0 Å². The molecule has 1 aliphatic heterocycles. The second-order valence-corrected chi connectivity index (χ2v) is 5.00. The fraction of sp³-hybridized carbons (Fsp3) is 0.400. The molecule has 1 N–H and O–H groups in total. The molecule has 3 unspecified atom stereocenters. The third-order valence-electron chi connectivity index (χ3n) is 3.67. The first-order valence-corrected chi connectivity index (χ1v) is 6.39. The van der Waals surface area contributed by atoms with Crippen LogP contribution in [0.25, 0.3) is 10.9 Å². The van der Waals surface area contributed by atoms with Crippen LogP contribution in [0.1, 0.15) is 25.0 Å². The van der Waals surface area contributed by atoms with E-state index in [1.807, 2.05) is 30.3 Å². The van der Waals surface area contributed by atoms with E-state index in [1.165, 1.54) is 0 Å². The van der Waals surface area contributed by atoms with Gasteiger partial charge in [-0.2, -0.15) is 0 Å². The van der Waals surface area contributed by atoms with Gasteiger partial charge in [-0.1, -0.05) is 18.2 Å². The molecule has 3 nitrogen and oxygen atoms in total. The molecule has 0 saturated carbocycles. The number of aliphatic hydroxyl groups excluding tert-OH is 1. The fourth-order valence-electron chi connectivity index (χ4n) is 2.71. The number of pyridine rings is 1. The molecule has 0 amide bonds. The standard InChI is InChI=1S/C15H17NO2/c1-10-8-11(9-18-10)15(17)13-4-2-6-14-12(13)5-3-7-16-14/h2-7,10-11,15,17H,8-9H2,1H3. The van der Waals surface area contributed by atoms with Gasteiger partial charge < -0.3 is 9.84 Å². The summed E-state index contributed by atoms with van der Waals surface area (Å²) in [6, 6.07) is 9.83. The van der Waals surface area contributed by atoms with Gasteiger partial charge in [0.25, 0.3) is 0 Å². The van der Waals surface area contributed by atoms with Crippen molar-refractivity contribution in [2.75, 3.05) is 6.61 Å². The SMILES string of the molecule is CC1CC(C(O)c2cccc3ncccc23)CO1. The lowest BCUT2D eigenvalue weighted by Gasteiger charge is -2.18. The largest absolute Gasteiger partial charge is 0.388 e. The van der Waals surface area contributed by atoms with Crippen molar-refractivity contribution in [3.05, 3.63) is 42.1 Å². The van der Waals surface area contributed by atoms with Gasteiger partial charge in [0.2, 0.25) is 0 Å². The molecule has 0 aliphatic carbocycles. The predicted molar refractivity (Wildman–Crippen MR) is 70.2 cm³/mol. The minimum atomic E-state index is -0.470. The Bertz CT molecular complexity index is 550. The van der Waals surface area contributed by atoms with Crippen LogP contribution in [-0.4, -0.2) is 22.8 Å². The normalized spacial score (nSPS) is 25.4. The highest BCUT2D eigenvalue weighted by Gasteiger charge is 2.30. The predicted octanol–water partition coefficient (Wildman–Crippen LogP) is 2.69. The molecule has 0 bridgehead atoms. The molecule has 1 saturated heterocycles. The minimum Gasteiger partial charge on any atom is -0.388 e. The van der Waals surface area contributed by atoms with Gasteiger partial charge in [0.05, 0.1) is 24.3 Å². The number of aliphatic hydroxyl groups is 1. The Balaban J connectivity index is 1.98. The molecule has 3 atom stereocenters. The Kier molecular flexibility index (Phi) is 3.02. The minimum absolute atomic E-state index is 0.186. The van der Waals surface area contributed by atoms with Crippen LogP contribution in [0.5, 0.6) is 0 Å².